The highest BCUT2D eigenvalue weighted by atomic mass is 15.4. The Labute approximate surface area is 120 Å². The summed E-state index contributed by atoms with van der Waals surface area (Å²) in [6.07, 6.45) is 6.16. The molecule has 0 amide bonds. The van der Waals surface area contributed by atoms with Crippen LogP contribution in [0, 0.1) is 5.92 Å². The largest absolute Gasteiger partial charge is 0.368 e. The lowest BCUT2D eigenvalue weighted by molar-refractivity contribution is 0.401. The van der Waals surface area contributed by atoms with Crippen molar-refractivity contribution in [2.75, 3.05) is 41.7 Å². The van der Waals surface area contributed by atoms with Crippen molar-refractivity contribution in [1.29, 1.82) is 0 Å². The van der Waals surface area contributed by atoms with Gasteiger partial charge in [-0.1, -0.05) is 13.3 Å². The fraction of sp³-hybridized carbons (Fsp3) is 0.786. The quantitative estimate of drug-likeness (QED) is 0.905. The molecule has 110 valence electrons. The second-order valence-electron chi connectivity index (χ2n) is 5.85. The Hall–Kier alpha value is -1.59. The van der Waals surface area contributed by atoms with Gasteiger partial charge >= 0.3 is 0 Å². The van der Waals surface area contributed by atoms with Crippen LogP contribution in [0.1, 0.15) is 39.0 Å². The van der Waals surface area contributed by atoms with Gasteiger partial charge in [-0.05, 0) is 31.6 Å². The lowest BCUT2D eigenvalue weighted by Crippen LogP contribution is -2.37. The summed E-state index contributed by atoms with van der Waals surface area (Å²) in [7, 11) is 0. The summed E-state index contributed by atoms with van der Waals surface area (Å²) >= 11 is 0. The van der Waals surface area contributed by atoms with Crippen LogP contribution in [0.15, 0.2) is 0 Å². The average molecular weight is 276 g/mol. The Morgan fingerprint density at radius 1 is 1.00 bits per heavy atom. The molecule has 1 atom stereocenters. The van der Waals surface area contributed by atoms with Crippen molar-refractivity contribution in [1.82, 2.24) is 15.0 Å². The molecule has 0 bridgehead atoms. The van der Waals surface area contributed by atoms with E-state index in [4.69, 9.17) is 5.73 Å². The molecule has 0 spiro atoms. The van der Waals surface area contributed by atoms with Gasteiger partial charge in [0.25, 0.3) is 0 Å². The molecule has 2 fully saturated rings. The molecule has 1 aromatic heterocycles. The van der Waals surface area contributed by atoms with Gasteiger partial charge in [0, 0.05) is 26.2 Å². The van der Waals surface area contributed by atoms with Crippen LogP contribution in [-0.4, -0.2) is 41.1 Å². The lowest BCUT2D eigenvalue weighted by Gasteiger charge is -2.32. The molecule has 2 N–H and O–H groups in total. The van der Waals surface area contributed by atoms with Gasteiger partial charge < -0.3 is 15.5 Å². The summed E-state index contributed by atoms with van der Waals surface area (Å²) in [4.78, 5) is 17.8. The summed E-state index contributed by atoms with van der Waals surface area (Å²) in [6.45, 7) is 6.38. The number of hydrogen-bond donors (Lipinski definition) is 1. The molecule has 2 aliphatic heterocycles. The number of nitrogen functional groups attached to an aromatic ring is 1. The van der Waals surface area contributed by atoms with Crippen molar-refractivity contribution in [2.45, 2.75) is 39.0 Å². The van der Waals surface area contributed by atoms with E-state index in [0.29, 0.717) is 5.95 Å². The topological polar surface area (TPSA) is 71.2 Å². The maximum atomic E-state index is 5.89. The van der Waals surface area contributed by atoms with E-state index in [-0.39, 0.29) is 0 Å². The van der Waals surface area contributed by atoms with Crippen LogP contribution >= 0.6 is 0 Å². The summed E-state index contributed by atoms with van der Waals surface area (Å²) in [5.74, 6) is 2.61. The van der Waals surface area contributed by atoms with Gasteiger partial charge in [-0.25, -0.2) is 0 Å². The molecule has 20 heavy (non-hydrogen) atoms. The van der Waals surface area contributed by atoms with Crippen molar-refractivity contribution in [2.24, 2.45) is 5.92 Å². The van der Waals surface area contributed by atoms with Crippen LogP contribution in [-0.2, 0) is 0 Å². The minimum Gasteiger partial charge on any atom is -0.368 e. The summed E-state index contributed by atoms with van der Waals surface area (Å²) in [6, 6.07) is 0. The normalized spacial score (nSPS) is 23.4. The first kappa shape index (κ1) is 13.4. The van der Waals surface area contributed by atoms with Crippen LogP contribution in [0.3, 0.4) is 0 Å². The summed E-state index contributed by atoms with van der Waals surface area (Å²) in [5.41, 5.74) is 5.89. The smallest absolute Gasteiger partial charge is 0.231 e. The molecule has 2 aliphatic rings. The molecule has 6 nitrogen and oxygen atoms in total. The second-order valence-corrected chi connectivity index (χ2v) is 5.85. The minimum absolute atomic E-state index is 0.343. The molecule has 1 unspecified atom stereocenters. The van der Waals surface area contributed by atoms with Gasteiger partial charge in [0.05, 0.1) is 0 Å². The van der Waals surface area contributed by atoms with Gasteiger partial charge in [0.15, 0.2) is 0 Å². The number of hydrogen-bond acceptors (Lipinski definition) is 6. The molecule has 3 rings (SSSR count). The Balaban J connectivity index is 1.81. The number of nitrogens with two attached hydrogens (primary N) is 1. The van der Waals surface area contributed by atoms with Crippen LogP contribution in [0.4, 0.5) is 17.8 Å². The zero-order chi connectivity index (χ0) is 13.9. The van der Waals surface area contributed by atoms with E-state index in [1.54, 1.807) is 0 Å². The molecule has 1 aromatic rings. The third-order valence-electron chi connectivity index (χ3n) is 4.40. The maximum absolute atomic E-state index is 5.89. The molecular formula is C14H24N6. The van der Waals surface area contributed by atoms with Crippen molar-refractivity contribution in [3.63, 3.8) is 0 Å². The van der Waals surface area contributed by atoms with Crippen molar-refractivity contribution in [3.8, 4) is 0 Å². The molecular weight excluding hydrogens is 252 g/mol. The van der Waals surface area contributed by atoms with E-state index in [1.165, 1.54) is 32.1 Å². The first-order chi connectivity index (χ1) is 9.76. The van der Waals surface area contributed by atoms with Crippen LogP contribution < -0.4 is 15.5 Å². The molecule has 3 heterocycles. The SMILES string of the molecule is CCC1CCCN(c2nc(N)nc(N3CCCC3)n2)C1. The van der Waals surface area contributed by atoms with Crippen LogP contribution in [0.25, 0.3) is 0 Å². The predicted molar refractivity (Wildman–Crippen MR) is 80.9 cm³/mol. The third kappa shape index (κ3) is 2.78. The maximum Gasteiger partial charge on any atom is 0.231 e. The Kier molecular flexibility index (Phi) is 3.89. The second kappa shape index (κ2) is 5.81. The predicted octanol–water partition coefficient (Wildman–Crippen LogP) is 1.68. The van der Waals surface area contributed by atoms with Gasteiger partial charge in [0.1, 0.15) is 0 Å². The van der Waals surface area contributed by atoms with E-state index < -0.39 is 0 Å². The third-order valence-corrected chi connectivity index (χ3v) is 4.40. The fourth-order valence-electron chi connectivity index (χ4n) is 3.15. The number of rotatable bonds is 3. The summed E-state index contributed by atoms with van der Waals surface area (Å²) in [5, 5.41) is 0. The van der Waals surface area contributed by atoms with Gasteiger partial charge in [-0.3, -0.25) is 0 Å². The first-order valence-corrected chi connectivity index (χ1v) is 7.77. The van der Waals surface area contributed by atoms with Crippen LogP contribution in [0.5, 0.6) is 0 Å². The molecule has 0 radical (unpaired) electrons. The molecule has 0 saturated carbocycles. The monoisotopic (exact) mass is 276 g/mol. The molecule has 6 heteroatoms. The molecule has 0 aromatic carbocycles. The minimum atomic E-state index is 0.343. The number of nitrogens with zero attached hydrogens (tertiary/aromatic N) is 5. The van der Waals surface area contributed by atoms with E-state index in [0.717, 1.165) is 44.0 Å². The van der Waals surface area contributed by atoms with Gasteiger partial charge in [0.2, 0.25) is 17.8 Å². The highest BCUT2D eigenvalue weighted by Gasteiger charge is 2.23. The van der Waals surface area contributed by atoms with Crippen molar-refractivity contribution >= 4 is 17.8 Å². The number of anilines is 3. The van der Waals surface area contributed by atoms with E-state index in [9.17, 15) is 0 Å². The standard InChI is InChI=1S/C14H24N6/c1-2-11-6-5-9-20(10-11)14-17-12(15)16-13(18-14)19-7-3-4-8-19/h11H,2-10H2,1H3,(H2,15,16,17,18). The van der Waals surface area contributed by atoms with E-state index >= 15 is 0 Å². The zero-order valence-electron chi connectivity index (χ0n) is 12.3. The van der Waals surface area contributed by atoms with Crippen molar-refractivity contribution in [3.05, 3.63) is 0 Å². The van der Waals surface area contributed by atoms with Crippen molar-refractivity contribution < 1.29 is 0 Å². The van der Waals surface area contributed by atoms with E-state index in [2.05, 4.69) is 31.7 Å². The summed E-state index contributed by atoms with van der Waals surface area (Å²) < 4.78 is 0. The van der Waals surface area contributed by atoms with Crippen LogP contribution in [0.2, 0.25) is 0 Å². The average Bonchev–Trinajstić information content (AvgIpc) is 3.01. The number of piperidine rings is 1. The zero-order valence-corrected chi connectivity index (χ0v) is 12.3. The van der Waals surface area contributed by atoms with E-state index in [1.807, 2.05) is 0 Å². The Bertz CT molecular complexity index is 457. The Morgan fingerprint density at radius 2 is 1.65 bits per heavy atom. The molecule has 2 saturated heterocycles. The fourth-order valence-corrected chi connectivity index (χ4v) is 3.15. The first-order valence-electron chi connectivity index (χ1n) is 7.77. The van der Waals surface area contributed by atoms with Gasteiger partial charge in [-0.2, -0.15) is 15.0 Å². The highest BCUT2D eigenvalue weighted by molar-refractivity contribution is 5.44. The number of aromatic nitrogens is 3. The molecule has 0 aliphatic carbocycles. The lowest BCUT2D eigenvalue weighted by atomic mass is 9.96. The van der Waals surface area contributed by atoms with Gasteiger partial charge in [-0.15, -0.1) is 0 Å². The Morgan fingerprint density at radius 3 is 2.35 bits per heavy atom. The highest BCUT2D eigenvalue weighted by Crippen LogP contribution is 2.24.